The fraction of sp³-hybridized carbons (Fsp3) is 0.111. The van der Waals surface area contributed by atoms with E-state index in [0.29, 0.717) is 10.8 Å². The molecular formula is C9H7Cl2N3. The van der Waals surface area contributed by atoms with Crippen LogP contribution in [0.4, 0.5) is 0 Å². The summed E-state index contributed by atoms with van der Waals surface area (Å²) in [7, 11) is 0. The van der Waals surface area contributed by atoms with Crippen molar-refractivity contribution in [3.8, 4) is 11.3 Å². The molecule has 0 aliphatic rings. The van der Waals surface area contributed by atoms with Gasteiger partial charge in [0.15, 0.2) is 5.15 Å². The molecule has 1 heterocycles. The van der Waals surface area contributed by atoms with Crippen LogP contribution in [0.5, 0.6) is 0 Å². The van der Waals surface area contributed by atoms with Gasteiger partial charge in [-0.3, -0.25) is 0 Å². The van der Waals surface area contributed by atoms with Crippen LogP contribution in [0, 0.1) is 6.92 Å². The zero-order chi connectivity index (χ0) is 10.1. The highest BCUT2D eigenvalue weighted by Gasteiger charge is 2.10. The number of hydrogen-bond acceptors (Lipinski definition) is 2. The molecule has 0 fully saturated rings. The Balaban J connectivity index is 2.49. The molecule has 0 unspecified atom stereocenters. The molecule has 0 aliphatic carbocycles. The lowest BCUT2D eigenvalue weighted by Gasteiger charge is -1.97. The zero-order valence-corrected chi connectivity index (χ0v) is 8.92. The van der Waals surface area contributed by atoms with E-state index in [2.05, 4.69) is 10.3 Å². The average Bonchev–Trinajstić information content (AvgIpc) is 2.50. The SMILES string of the molecule is Cc1ccc(-c2nnn(Cl)c2Cl)cc1. The summed E-state index contributed by atoms with van der Waals surface area (Å²) in [5.74, 6) is 0. The van der Waals surface area contributed by atoms with E-state index in [1.54, 1.807) is 0 Å². The quantitative estimate of drug-likeness (QED) is 0.751. The molecule has 0 radical (unpaired) electrons. The summed E-state index contributed by atoms with van der Waals surface area (Å²) in [5, 5.41) is 7.81. The number of halogens is 2. The fourth-order valence-corrected chi connectivity index (χ4v) is 1.43. The normalized spacial score (nSPS) is 10.5. The van der Waals surface area contributed by atoms with Crippen molar-refractivity contribution in [3.63, 3.8) is 0 Å². The van der Waals surface area contributed by atoms with E-state index in [9.17, 15) is 0 Å². The van der Waals surface area contributed by atoms with E-state index in [1.165, 1.54) is 5.56 Å². The van der Waals surface area contributed by atoms with Gasteiger partial charge in [-0.1, -0.05) is 41.4 Å². The first-order chi connectivity index (χ1) is 6.68. The first-order valence-corrected chi connectivity index (χ1v) is 4.74. The summed E-state index contributed by atoms with van der Waals surface area (Å²) in [6, 6.07) is 7.84. The van der Waals surface area contributed by atoms with Crippen LogP contribution in [0.15, 0.2) is 24.3 Å². The van der Waals surface area contributed by atoms with Crippen molar-refractivity contribution in [2.45, 2.75) is 6.92 Å². The molecule has 1 aromatic carbocycles. The number of aromatic nitrogens is 3. The smallest absolute Gasteiger partial charge is 0.140 e. The first kappa shape index (κ1) is 9.49. The Kier molecular flexibility index (Phi) is 2.44. The van der Waals surface area contributed by atoms with E-state index in [4.69, 9.17) is 23.4 Å². The maximum absolute atomic E-state index is 5.89. The van der Waals surface area contributed by atoms with Crippen molar-refractivity contribution >= 4 is 23.4 Å². The van der Waals surface area contributed by atoms with Crippen molar-refractivity contribution in [2.75, 3.05) is 0 Å². The molecule has 14 heavy (non-hydrogen) atoms. The van der Waals surface area contributed by atoms with Gasteiger partial charge in [0.05, 0.1) is 0 Å². The Bertz CT molecular complexity index is 448. The summed E-state index contributed by atoms with van der Waals surface area (Å²) in [6.07, 6.45) is 0. The average molecular weight is 228 g/mol. The molecular weight excluding hydrogens is 221 g/mol. The molecule has 2 aromatic rings. The van der Waals surface area contributed by atoms with Gasteiger partial charge in [-0.05, 0) is 12.1 Å². The molecule has 0 spiro atoms. The largest absolute Gasteiger partial charge is 0.174 e. The van der Waals surface area contributed by atoms with Crippen molar-refractivity contribution < 1.29 is 0 Å². The van der Waals surface area contributed by atoms with Crippen LogP contribution in [-0.4, -0.2) is 14.5 Å². The lowest BCUT2D eigenvalue weighted by molar-refractivity contribution is 0.881. The molecule has 0 bridgehead atoms. The Morgan fingerprint density at radius 2 is 1.86 bits per heavy atom. The van der Waals surface area contributed by atoms with Crippen LogP contribution in [0.1, 0.15) is 5.56 Å². The second kappa shape index (κ2) is 3.59. The zero-order valence-electron chi connectivity index (χ0n) is 7.41. The first-order valence-electron chi connectivity index (χ1n) is 4.03. The van der Waals surface area contributed by atoms with Gasteiger partial charge < -0.3 is 0 Å². The van der Waals surface area contributed by atoms with Crippen LogP contribution in [0.25, 0.3) is 11.3 Å². The second-order valence-electron chi connectivity index (χ2n) is 2.95. The van der Waals surface area contributed by atoms with Gasteiger partial charge in [0.1, 0.15) is 5.69 Å². The number of aryl methyl sites for hydroxylation is 1. The Labute approximate surface area is 91.4 Å². The van der Waals surface area contributed by atoms with Gasteiger partial charge >= 0.3 is 0 Å². The van der Waals surface area contributed by atoms with Gasteiger partial charge in [0.2, 0.25) is 0 Å². The molecule has 0 saturated carbocycles. The van der Waals surface area contributed by atoms with Crippen molar-refractivity contribution in [3.05, 3.63) is 35.0 Å². The van der Waals surface area contributed by atoms with Crippen LogP contribution in [0.3, 0.4) is 0 Å². The van der Waals surface area contributed by atoms with Gasteiger partial charge in [-0.2, -0.15) is 0 Å². The maximum Gasteiger partial charge on any atom is 0.174 e. The summed E-state index contributed by atoms with van der Waals surface area (Å²) < 4.78 is 1.02. The van der Waals surface area contributed by atoms with E-state index in [0.717, 1.165) is 9.76 Å². The van der Waals surface area contributed by atoms with Gasteiger partial charge in [-0.25, -0.2) is 0 Å². The number of hydrogen-bond donors (Lipinski definition) is 0. The Hall–Kier alpha value is -1.06. The van der Waals surface area contributed by atoms with Gasteiger partial charge in [0, 0.05) is 17.3 Å². The molecule has 72 valence electrons. The molecule has 0 aliphatic heterocycles. The third-order valence-electron chi connectivity index (χ3n) is 1.91. The summed E-state index contributed by atoms with van der Waals surface area (Å²) >= 11 is 11.5. The van der Waals surface area contributed by atoms with E-state index in [1.807, 2.05) is 31.2 Å². The summed E-state index contributed by atoms with van der Waals surface area (Å²) in [5.41, 5.74) is 2.69. The Morgan fingerprint density at radius 3 is 2.36 bits per heavy atom. The van der Waals surface area contributed by atoms with Gasteiger partial charge in [0.25, 0.3) is 0 Å². The molecule has 0 N–H and O–H groups in total. The highest BCUT2D eigenvalue weighted by Crippen LogP contribution is 2.25. The highest BCUT2D eigenvalue weighted by molar-refractivity contribution is 6.35. The minimum absolute atomic E-state index is 0.329. The minimum Gasteiger partial charge on any atom is -0.140 e. The van der Waals surface area contributed by atoms with E-state index < -0.39 is 0 Å². The molecule has 1 aromatic heterocycles. The molecule has 0 saturated heterocycles. The second-order valence-corrected chi connectivity index (χ2v) is 3.63. The van der Waals surface area contributed by atoms with Crippen LogP contribution in [0.2, 0.25) is 5.15 Å². The number of benzene rings is 1. The maximum atomic E-state index is 5.89. The Morgan fingerprint density at radius 1 is 1.21 bits per heavy atom. The number of nitrogens with zero attached hydrogens (tertiary/aromatic N) is 3. The van der Waals surface area contributed by atoms with E-state index in [-0.39, 0.29) is 0 Å². The summed E-state index contributed by atoms with van der Waals surface area (Å²) in [4.78, 5) is 0. The fourth-order valence-electron chi connectivity index (χ4n) is 1.14. The lowest BCUT2D eigenvalue weighted by atomic mass is 10.1. The third kappa shape index (κ3) is 1.61. The monoisotopic (exact) mass is 227 g/mol. The molecule has 2 rings (SSSR count). The molecule has 5 heteroatoms. The molecule has 3 nitrogen and oxygen atoms in total. The standard InChI is InChI=1S/C9H7Cl2N3/c1-6-2-4-7(5-3-6)8-9(10)14(11)13-12-8/h2-5H,1H3. The van der Waals surface area contributed by atoms with Gasteiger partial charge in [-0.15, -0.1) is 9.30 Å². The lowest BCUT2D eigenvalue weighted by Crippen LogP contribution is -1.80. The van der Waals surface area contributed by atoms with Crippen LogP contribution >= 0.6 is 23.4 Å². The highest BCUT2D eigenvalue weighted by atomic mass is 35.5. The minimum atomic E-state index is 0.329. The van der Waals surface area contributed by atoms with Crippen molar-refractivity contribution in [1.29, 1.82) is 0 Å². The third-order valence-corrected chi connectivity index (χ3v) is 2.57. The predicted molar refractivity (Wildman–Crippen MR) is 56.5 cm³/mol. The molecule has 0 atom stereocenters. The van der Waals surface area contributed by atoms with E-state index >= 15 is 0 Å². The van der Waals surface area contributed by atoms with Crippen LogP contribution in [-0.2, 0) is 0 Å². The van der Waals surface area contributed by atoms with Crippen molar-refractivity contribution in [1.82, 2.24) is 14.5 Å². The number of rotatable bonds is 1. The predicted octanol–water partition coefficient (Wildman–Crippen LogP) is 2.91. The van der Waals surface area contributed by atoms with Crippen molar-refractivity contribution in [2.24, 2.45) is 0 Å². The molecule has 0 amide bonds. The topological polar surface area (TPSA) is 30.7 Å². The van der Waals surface area contributed by atoms with Crippen LogP contribution < -0.4 is 0 Å². The summed E-state index contributed by atoms with van der Waals surface area (Å²) in [6.45, 7) is 2.02.